The molecule has 0 radical (unpaired) electrons. The van der Waals surface area contributed by atoms with Crippen LogP contribution in [0.3, 0.4) is 0 Å². The Bertz CT molecular complexity index is 528. The molecule has 4 nitrogen and oxygen atoms in total. The molecule has 1 N–H and O–H groups in total. The Morgan fingerprint density at radius 1 is 1.50 bits per heavy atom. The van der Waals surface area contributed by atoms with E-state index in [4.69, 9.17) is 9.84 Å². The van der Waals surface area contributed by atoms with Gasteiger partial charge in [0.2, 0.25) is 0 Å². The molecule has 108 valence electrons. The number of amides is 1. The van der Waals surface area contributed by atoms with Crippen LogP contribution in [0.15, 0.2) is 18.2 Å². The summed E-state index contributed by atoms with van der Waals surface area (Å²) in [4.78, 5) is 14.1. The summed E-state index contributed by atoms with van der Waals surface area (Å²) in [6, 6.07) is 5.43. The first-order valence-electron chi connectivity index (χ1n) is 6.48. The average molecular weight is 275 g/mol. The van der Waals surface area contributed by atoms with Crippen LogP contribution in [0.1, 0.15) is 28.4 Å². The van der Waals surface area contributed by atoms with Crippen molar-refractivity contribution >= 4 is 5.91 Å². The fourth-order valence-corrected chi connectivity index (χ4v) is 1.88. The number of carbonyl (C=O) groups is 1. The summed E-state index contributed by atoms with van der Waals surface area (Å²) >= 11 is 0. The first kappa shape index (κ1) is 16.2. The van der Waals surface area contributed by atoms with Gasteiger partial charge in [-0.25, -0.2) is 0 Å². The zero-order chi connectivity index (χ0) is 15.1. The van der Waals surface area contributed by atoms with Crippen molar-refractivity contribution in [2.45, 2.75) is 19.9 Å². The van der Waals surface area contributed by atoms with Gasteiger partial charge in [-0.3, -0.25) is 4.79 Å². The van der Waals surface area contributed by atoms with Crippen LogP contribution >= 0.6 is 0 Å². The van der Waals surface area contributed by atoms with E-state index in [0.717, 1.165) is 11.1 Å². The third kappa shape index (κ3) is 3.83. The Hall–Kier alpha value is -1.83. The lowest BCUT2D eigenvalue weighted by Gasteiger charge is -2.25. The Morgan fingerprint density at radius 3 is 2.80 bits per heavy atom. The van der Waals surface area contributed by atoms with Crippen molar-refractivity contribution in [3.8, 4) is 11.8 Å². The highest BCUT2D eigenvalue weighted by Gasteiger charge is 2.19. The van der Waals surface area contributed by atoms with Gasteiger partial charge in [0.05, 0.1) is 12.6 Å². The van der Waals surface area contributed by atoms with Crippen LogP contribution < -0.4 is 0 Å². The molecule has 0 aliphatic rings. The van der Waals surface area contributed by atoms with Gasteiger partial charge in [0.25, 0.3) is 5.91 Å². The molecular formula is C16H21NO3. The fourth-order valence-electron chi connectivity index (χ4n) is 1.88. The molecule has 1 amide bonds. The van der Waals surface area contributed by atoms with E-state index in [9.17, 15) is 4.79 Å². The van der Waals surface area contributed by atoms with Gasteiger partial charge in [-0.05, 0) is 31.5 Å². The Kier molecular flexibility index (Phi) is 6.23. The van der Waals surface area contributed by atoms with E-state index in [1.54, 1.807) is 31.2 Å². The number of methoxy groups -OCH3 is 1. The van der Waals surface area contributed by atoms with E-state index in [1.807, 2.05) is 19.9 Å². The Balaban J connectivity index is 3.05. The third-order valence-electron chi connectivity index (χ3n) is 3.26. The van der Waals surface area contributed by atoms with Gasteiger partial charge < -0.3 is 14.7 Å². The molecule has 0 spiro atoms. The number of hydrogen-bond donors (Lipinski definition) is 1. The van der Waals surface area contributed by atoms with Crippen molar-refractivity contribution in [1.29, 1.82) is 0 Å². The molecule has 0 bridgehead atoms. The highest BCUT2D eigenvalue weighted by Crippen LogP contribution is 2.16. The summed E-state index contributed by atoms with van der Waals surface area (Å²) < 4.78 is 5.07. The zero-order valence-corrected chi connectivity index (χ0v) is 12.4. The van der Waals surface area contributed by atoms with Gasteiger partial charge in [-0.15, -0.1) is 0 Å². The molecule has 0 aliphatic carbocycles. The fraction of sp³-hybridized carbons (Fsp3) is 0.438. The number of aliphatic hydroxyl groups excluding tert-OH is 1. The molecule has 1 unspecified atom stereocenters. The summed E-state index contributed by atoms with van der Waals surface area (Å²) in [6.45, 7) is 4.10. The number of aliphatic hydroxyl groups is 1. The van der Waals surface area contributed by atoms with Crippen LogP contribution in [0.25, 0.3) is 0 Å². The van der Waals surface area contributed by atoms with Gasteiger partial charge in [0.1, 0.15) is 6.61 Å². The zero-order valence-electron chi connectivity index (χ0n) is 12.4. The van der Waals surface area contributed by atoms with Crippen molar-refractivity contribution < 1.29 is 14.6 Å². The maximum Gasteiger partial charge on any atom is 0.254 e. The second-order valence-electron chi connectivity index (χ2n) is 4.66. The minimum absolute atomic E-state index is 0.000850. The minimum Gasteiger partial charge on any atom is -0.384 e. The maximum absolute atomic E-state index is 12.5. The second kappa shape index (κ2) is 7.68. The van der Waals surface area contributed by atoms with Crippen molar-refractivity contribution in [2.24, 2.45) is 0 Å². The molecule has 0 aromatic heterocycles. The number of likely N-dealkylation sites (N-methyl/N-ethyl adjacent to an activating group) is 1. The van der Waals surface area contributed by atoms with Crippen molar-refractivity contribution in [1.82, 2.24) is 4.90 Å². The normalized spacial score (nSPS) is 11.4. The van der Waals surface area contributed by atoms with Crippen LogP contribution in [-0.4, -0.2) is 49.3 Å². The van der Waals surface area contributed by atoms with Crippen LogP contribution in [-0.2, 0) is 4.74 Å². The van der Waals surface area contributed by atoms with E-state index in [1.165, 1.54) is 0 Å². The smallest absolute Gasteiger partial charge is 0.254 e. The lowest BCUT2D eigenvalue weighted by Crippen LogP contribution is -2.38. The van der Waals surface area contributed by atoms with Crippen LogP contribution in [0.4, 0.5) is 0 Å². The monoisotopic (exact) mass is 275 g/mol. The molecule has 0 fully saturated rings. The molecule has 1 aromatic rings. The van der Waals surface area contributed by atoms with E-state index in [-0.39, 0.29) is 18.6 Å². The van der Waals surface area contributed by atoms with Gasteiger partial charge in [0, 0.05) is 25.3 Å². The van der Waals surface area contributed by atoms with E-state index >= 15 is 0 Å². The van der Waals surface area contributed by atoms with Gasteiger partial charge in [0.15, 0.2) is 0 Å². The van der Waals surface area contributed by atoms with Crippen LogP contribution in [0.2, 0.25) is 0 Å². The summed E-state index contributed by atoms with van der Waals surface area (Å²) in [5.41, 5.74) is 2.22. The summed E-state index contributed by atoms with van der Waals surface area (Å²) in [6.07, 6.45) is 0. The Morgan fingerprint density at radius 2 is 2.20 bits per heavy atom. The topological polar surface area (TPSA) is 49.8 Å². The first-order valence-corrected chi connectivity index (χ1v) is 6.48. The van der Waals surface area contributed by atoms with E-state index in [2.05, 4.69) is 11.8 Å². The van der Waals surface area contributed by atoms with Crippen LogP contribution in [0, 0.1) is 18.8 Å². The number of hydrogen-bond acceptors (Lipinski definition) is 3. The molecule has 1 aromatic carbocycles. The molecule has 1 atom stereocenters. The number of carbonyl (C=O) groups excluding carboxylic acids is 1. The van der Waals surface area contributed by atoms with Crippen LogP contribution in [0.5, 0.6) is 0 Å². The summed E-state index contributed by atoms with van der Waals surface area (Å²) in [5.74, 6) is 5.40. The lowest BCUT2D eigenvalue weighted by molar-refractivity contribution is 0.0633. The molecule has 20 heavy (non-hydrogen) atoms. The average Bonchev–Trinajstić information content (AvgIpc) is 2.45. The molecule has 0 saturated carbocycles. The molecule has 0 aliphatic heterocycles. The number of nitrogens with zero attached hydrogens (tertiary/aromatic N) is 1. The number of benzene rings is 1. The SMILES string of the molecule is COCC(C)N(C)C(=O)c1cccc(C#CCO)c1C. The van der Waals surface area contributed by atoms with Crippen molar-refractivity contribution in [3.05, 3.63) is 34.9 Å². The van der Waals surface area contributed by atoms with E-state index < -0.39 is 0 Å². The number of rotatable bonds is 4. The number of ether oxygens (including phenoxy) is 1. The predicted octanol–water partition coefficient (Wildman–Crippen LogP) is 1.45. The van der Waals surface area contributed by atoms with E-state index in [0.29, 0.717) is 12.2 Å². The maximum atomic E-state index is 12.5. The summed E-state index contributed by atoms with van der Waals surface area (Å²) in [7, 11) is 3.38. The predicted molar refractivity (Wildman–Crippen MR) is 78.6 cm³/mol. The molecule has 1 rings (SSSR count). The standard InChI is InChI=1S/C16H21NO3/c1-12(11-20-4)17(3)16(19)15-9-5-7-14(13(15)2)8-6-10-18/h5,7,9,12,18H,10-11H2,1-4H3. The molecule has 4 heteroatoms. The molecule has 0 saturated heterocycles. The van der Waals surface area contributed by atoms with Gasteiger partial charge in [-0.1, -0.05) is 17.9 Å². The van der Waals surface area contributed by atoms with Crippen molar-refractivity contribution in [3.63, 3.8) is 0 Å². The minimum atomic E-state index is -0.192. The first-order chi connectivity index (χ1) is 9.52. The second-order valence-corrected chi connectivity index (χ2v) is 4.66. The third-order valence-corrected chi connectivity index (χ3v) is 3.26. The molecular weight excluding hydrogens is 254 g/mol. The van der Waals surface area contributed by atoms with Crippen molar-refractivity contribution in [2.75, 3.05) is 27.4 Å². The largest absolute Gasteiger partial charge is 0.384 e. The summed E-state index contributed by atoms with van der Waals surface area (Å²) in [5, 5.41) is 8.75. The quantitative estimate of drug-likeness (QED) is 0.846. The molecule has 0 heterocycles. The Labute approximate surface area is 120 Å². The van der Waals surface area contributed by atoms with Gasteiger partial charge >= 0.3 is 0 Å². The highest BCUT2D eigenvalue weighted by molar-refractivity contribution is 5.96. The highest BCUT2D eigenvalue weighted by atomic mass is 16.5. The van der Waals surface area contributed by atoms with Gasteiger partial charge in [-0.2, -0.15) is 0 Å². The lowest BCUT2D eigenvalue weighted by atomic mass is 10.0.